The number of rotatable bonds is 4. The summed E-state index contributed by atoms with van der Waals surface area (Å²) in [4.78, 5) is 24.0. The first-order valence-electron chi connectivity index (χ1n) is 7.43. The number of anilines is 1. The number of hydrogen-bond donors (Lipinski definition) is 2. The maximum Gasteiger partial charge on any atom is 0.243 e. The molecule has 1 heterocycles. The first-order chi connectivity index (χ1) is 12.2. The molecule has 0 aliphatic carbocycles. The Morgan fingerprint density at radius 2 is 2.04 bits per heavy atom. The quantitative estimate of drug-likeness (QED) is 0.840. The lowest BCUT2D eigenvalue weighted by atomic mass is 9.72. The smallest absolute Gasteiger partial charge is 0.243 e. The van der Waals surface area contributed by atoms with Gasteiger partial charge in [-0.15, -0.1) is 0 Å². The van der Waals surface area contributed by atoms with Gasteiger partial charge in [0.25, 0.3) is 0 Å². The lowest BCUT2D eigenvalue weighted by molar-refractivity contribution is -0.125. The molecule has 1 aromatic rings. The van der Waals surface area contributed by atoms with Gasteiger partial charge >= 0.3 is 0 Å². The summed E-state index contributed by atoms with van der Waals surface area (Å²) in [5.74, 6) is -4.38. The van der Waals surface area contributed by atoms with Gasteiger partial charge in [0.05, 0.1) is 28.5 Å². The molecule has 0 aromatic heterocycles. The van der Waals surface area contributed by atoms with Crippen LogP contribution in [-0.4, -0.2) is 17.6 Å². The summed E-state index contributed by atoms with van der Waals surface area (Å²) >= 11 is 0.919. The minimum absolute atomic E-state index is 0.0848. The van der Waals surface area contributed by atoms with Crippen LogP contribution in [0.1, 0.15) is 13.8 Å². The van der Waals surface area contributed by atoms with Crippen LogP contribution < -0.4 is 10.6 Å². The van der Waals surface area contributed by atoms with E-state index in [1.54, 1.807) is 13.8 Å². The van der Waals surface area contributed by atoms with Crippen LogP contribution in [-0.2, 0) is 9.59 Å². The fraction of sp³-hybridized carbons (Fsp3) is 0.294. The molecule has 0 unspecified atom stereocenters. The summed E-state index contributed by atoms with van der Waals surface area (Å²) in [5, 5.41) is 23.6. The van der Waals surface area contributed by atoms with E-state index in [0.29, 0.717) is 0 Å². The van der Waals surface area contributed by atoms with Gasteiger partial charge in [-0.1, -0.05) is 25.6 Å². The van der Waals surface area contributed by atoms with Crippen LogP contribution in [0.25, 0.3) is 0 Å². The number of nitrogens with zero attached hydrogens (tertiary/aromatic N) is 2. The number of amides is 2. The topological polar surface area (TPSA) is 106 Å². The van der Waals surface area contributed by atoms with Gasteiger partial charge in [-0.05, 0) is 12.1 Å². The van der Waals surface area contributed by atoms with E-state index in [2.05, 4.69) is 10.6 Å². The number of nitrogens with one attached hydrogen (secondary N) is 2. The molecule has 2 rings (SSSR count). The molecule has 0 fully saturated rings. The van der Waals surface area contributed by atoms with E-state index in [0.717, 1.165) is 23.9 Å². The van der Waals surface area contributed by atoms with Gasteiger partial charge in [0, 0.05) is 17.2 Å². The van der Waals surface area contributed by atoms with Crippen molar-refractivity contribution in [2.24, 2.45) is 11.3 Å². The number of halogens is 2. The number of thioether (sulfide) groups is 1. The molecule has 2 amide bonds. The van der Waals surface area contributed by atoms with Crippen LogP contribution >= 0.6 is 11.8 Å². The SMILES string of the molecule is CC1(C)C(C#N)=C(SCC(=O)Nc2ccc(F)c(F)c2)NC(=O)[C@H]1C#N. The van der Waals surface area contributed by atoms with E-state index in [1.165, 1.54) is 6.07 Å². The van der Waals surface area contributed by atoms with Gasteiger partial charge < -0.3 is 10.6 Å². The first-order valence-corrected chi connectivity index (χ1v) is 8.42. The van der Waals surface area contributed by atoms with E-state index in [-0.39, 0.29) is 22.0 Å². The van der Waals surface area contributed by atoms with Crippen LogP contribution in [0.5, 0.6) is 0 Å². The van der Waals surface area contributed by atoms with Crippen LogP contribution in [0.3, 0.4) is 0 Å². The zero-order chi connectivity index (χ0) is 19.5. The van der Waals surface area contributed by atoms with Crippen molar-refractivity contribution in [3.63, 3.8) is 0 Å². The Morgan fingerprint density at radius 3 is 2.62 bits per heavy atom. The number of carbonyl (C=O) groups is 2. The van der Waals surface area contributed by atoms with E-state index < -0.39 is 34.8 Å². The molecule has 1 aliphatic heterocycles. The van der Waals surface area contributed by atoms with E-state index >= 15 is 0 Å². The normalized spacial score (nSPS) is 18.5. The van der Waals surface area contributed by atoms with Crippen LogP contribution in [0.4, 0.5) is 14.5 Å². The van der Waals surface area contributed by atoms with Crippen molar-refractivity contribution in [2.75, 3.05) is 11.1 Å². The summed E-state index contributed by atoms with van der Waals surface area (Å²) in [7, 11) is 0. The molecule has 6 nitrogen and oxygen atoms in total. The molecular weight excluding hydrogens is 362 g/mol. The summed E-state index contributed by atoms with van der Waals surface area (Å²) in [6.07, 6.45) is 0. The third-order valence-electron chi connectivity index (χ3n) is 3.88. The van der Waals surface area contributed by atoms with Crippen molar-refractivity contribution in [2.45, 2.75) is 13.8 Å². The highest BCUT2D eigenvalue weighted by atomic mass is 32.2. The average Bonchev–Trinajstić information content (AvgIpc) is 2.56. The monoisotopic (exact) mass is 376 g/mol. The molecule has 26 heavy (non-hydrogen) atoms. The Morgan fingerprint density at radius 1 is 1.35 bits per heavy atom. The molecule has 2 N–H and O–H groups in total. The predicted molar refractivity (Wildman–Crippen MR) is 91.1 cm³/mol. The minimum Gasteiger partial charge on any atom is -0.325 e. The third kappa shape index (κ3) is 3.84. The maximum atomic E-state index is 13.2. The summed E-state index contributed by atoms with van der Waals surface area (Å²) in [6, 6.07) is 6.82. The van der Waals surface area contributed by atoms with Crippen molar-refractivity contribution in [3.05, 3.63) is 40.4 Å². The first kappa shape index (κ1) is 19.4. The van der Waals surface area contributed by atoms with Crippen molar-refractivity contribution >= 4 is 29.3 Å². The molecule has 0 bridgehead atoms. The Bertz CT molecular complexity index is 884. The molecule has 1 aliphatic rings. The second-order valence-corrected chi connectivity index (χ2v) is 7.04. The standard InChI is InChI=1S/C17H14F2N4O2S/c1-17(2)10(6-20)15(25)23-16(11(17)7-21)26-8-14(24)22-9-3-4-12(18)13(19)5-9/h3-5,10H,8H2,1-2H3,(H,22,24)(H,23,25)/t10-/m1/s1. The Kier molecular flexibility index (Phi) is 5.63. The molecule has 9 heteroatoms. The fourth-order valence-corrected chi connectivity index (χ4v) is 3.42. The minimum atomic E-state index is -1.09. The van der Waals surface area contributed by atoms with Gasteiger partial charge in [0.2, 0.25) is 11.8 Å². The van der Waals surface area contributed by atoms with E-state index in [4.69, 9.17) is 5.26 Å². The molecule has 1 aromatic carbocycles. The Labute approximate surface area is 152 Å². The van der Waals surface area contributed by atoms with Gasteiger partial charge in [0.1, 0.15) is 5.92 Å². The zero-order valence-electron chi connectivity index (χ0n) is 13.9. The molecule has 0 spiro atoms. The molecule has 0 saturated carbocycles. The number of nitriles is 2. The second kappa shape index (κ2) is 7.54. The lowest BCUT2D eigenvalue weighted by Crippen LogP contribution is -2.44. The van der Waals surface area contributed by atoms with Gasteiger partial charge in [-0.2, -0.15) is 10.5 Å². The largest absolute Gasteiger partial charge is 0.325 e. The van der Waals surface area contributed by atoms with Crippen molar-refractivity contribution < 1.29 is 18.4 Å². The zero-order valence-corrected chi connectivity index (χ0v) is 14.7. The average molecular weight is 376 g/mol. The highest BCUT2D eigenvalue weighted by Crippen LogP contribution is 2.41. The van der Waals surface area contributed by atoms with E-state index in [1.807, 2.05) is 12.1 Å². The fourth-order valence-electron chi connectivity index (χ4n) is 2.44. The van der Waals surface area contributed by atoms with Crippen molar-refractivity contribution in [3.8, 4) is 12.1 Å². The summed E-state index contributed by atoms with van der Waals surface area (Å²) in [6.45, 7) is 3.22. The van der Waals surface area contributed by atoms with E-state index in [9.17, 15) is 23.6 Å². The third-order valence-corrected chi connectivity index (χ3v) is 4.89. The van der Waals surface area contributed by atoms with Crippen molar-refractivity contribution in [1.82, 2.24) is 5.32 Å². The van der Waals surface area contributed by atoms with Crippen molar-refractivity contribution in [1.29, 1.82) is 10.5 Å². The number of hydrogen-bond acceptors (Lipinski definition) is 5. The number of carbonyl (C=O) groups excluding carboxylic acids is 2. The Hall–Kier alpha value is -2.91. The van der Waals surface area contributed by atoms with Crippen LogP contribution in [0.15, 0.2) is 28.8 Å². The second-order valence-electron chi connectivity index (χ2n) is 6.05. The van der Waals surface area contributed by atoms with Gasteiger partial charge in [0.15, 0.2) is 11.6 Å². The van der Waals surface area contributed by atoms with Crippen LogP contribution in [0, 0.1) is 45.6 Å². The predicted octanol–water partition coefficient (Wildman–Crippen LogP) is 2.67. The highest BCUT2D eigenvalue weighted by molar-refractivity contribution is 8.03. The highest BCUT2D eigenvalue weighted by Gasteiger charge is 2.44. The Balaban J connectivity index is 2.12. The molecule has 134 valence electrons. The summed E-state index contributed by atoms with van der Waals surface area (Å²) in [5.41, 5.74) is -0.708. The number of allylic oxidation sites excluding steroid dienone is 1. The number of benzene rings is 1. The van der Waals surface area contributed by atoms with Gasteiger partial charge in [-0.25, -0.2) is 8.78 Å². The molecule has 1 atom stereocenters. The molecule has 0 radical (unpaired) electrons. The maximum absolute atomic E-state index is 13.2. The van der Waals surface area contributed by atoms with Gasteiger partial charge in [-0.3, -0.25) is 9.59 Å². The summed E-state index contributed by atoms with van der Waals surface area (Å²) < 4.78 is 26.0. The molecule has 0 saturated heterocycles. The molecular formula is C17H14F2N4O2S. The van der Waals surface area contributed by atoms with Crippen LogP contribution in [0.2, 0.25) is 0 Å². The lowest BCUT2D eigenvalue weighted by Gasteiger charge is -2.34.